The lowest BCUT2D eigenvalue weighted by Crippen LogP contribution is -2.35. The molecule has 2 heterocycles. The third-order valence-electron chi connectivity index (χ3n) is 3.22. The van der Waals surface area contributed by atoms with E-state index in [1.807, 2.05) is 0 Å². The Morgan fingerprint density at radius 1 is 1.57 bits per heavy atom. The molecule has 1 atom stereocenters. The van der Waals surface area contributed by atoms with Gasteiger partial charge >= 0.3 is 11.7 Å². The van der Waals surface area contributed by atoms with Crippen LogP contribution < -0.4 is 10.2 Å². The first-order valence-corrected chi connectivity index (χ1v) is 6.28. The Balaban J connectivity index is 2.22. The SMILES string of the molecule is CC(=O)NC1CCN(c2cc(C(=O)O)c([N+](=O)[O-])cn2)C1. The van der Waals surface area contributed by atoms with E-state index >= 15 is 0 Å². The highest BCUT2D eigenvalue weighted by molar-refractivity contribution is 5.93. The first-order chi connectivity index (χ1) is 9.88. The summed E-state index contributed by atoms with van der Waals surface area (Å²) in [5.41, 5.74) is -0.933. The maximum atomic E-state index is 11.1. The number of carboxylic acids is 1. The second kappa shape index (κ2) is 5.73. The molecule has 1 aromatic rings. The van der Waals surface area contributed by atoms with E-state index in [9.17, 15) is 19.7 Å². The van der Waals surface area contributed by atoms with Gasteiger partial charge in [-0.25, -0.2) is 9.78 Å². The molecule has 0 bridgehead atoms. The molecule has 1 unspecified atom stereocenters. The van der Waals surface area contributed by atoms with Crippen molar-refractivity contribution < 1.29 is 19.6 Å². The molecular weight excluding hydrogens is 280 g/mol. The van der Waals surface area contributed by atoms with Gasteiger partial charge < -0.3 is 15.3 Å². The summed E-state index contributed by atoms with van der Waals surface area (Å²) >= 11 is 0. The summed E-state index contributed by atoms with van der Waals surface area (Å²) in [5.74, 6) is -1.15. The van der Waals surface area contributed by atoms with Crippen molar-refractivity contribution in [1.82, 2.24) is 10.3 Å². The van der Waals surface area contributed by atoms with E-state index in [0.29, 0.717) is 25.3 Å². The second-order valence-electron chi connectivity index (χ2n) is 4.75. The van der Waals surface area contributed by atoms with Crippen molar-refractivity contribution in [3.8, 4) is 0 Å². The number of anilines is 1. The van der Waals surface area contributed by atoms with Gasteiger partial charge in [0.2, 0.25) is 5.91 Å². The Morgan fingerprint density at radius 2 is 2.29 bits per heavy atom. The van der Waals surface area contributed by atoms with Crippen LogP contribution >= 0.6 is 0 Å². The number of carbonyl (C=O) groups excluding carboxylic acids is 1. The number of nitrogens with one attached hydrogen (secondary N) is 1. The molecule has 21 heavy (non-hydrogen) atoms. The number of nitrogens with zero attached hydrogens (tertiary/aromatic N) is 3. The average molecular weight is 294 g/mol. The maximum Gasteiger partial charge on any atom is 0.342 e. The van der Waals surface area contributed by atoms with E-state index in [-0.39, 0.29) is 11.9 Å². The molecule has 1 amide bonds. The molecular formula is C12H14N4O5. The van der Waals surface area contributed by atoms with Gasteiger partial charge in [0.05, 0.1) is 4.92 Å². The maximum absolute atomic E-state index is 11.1. The molecule has 0 aliphatic carbocycles. The Kier molecular flexibility index (Phi) is 4.01. The van der Waals surface area contributed by atoms with Gasteiger partial charge in [0.1, 0.15) is 17.6 Å². The molecule has 2 rings (SSSR count). The van der Waals surface area contributed by atoms with E-state index in [2.05, 4.69) is 10.3 Å². The average Bonchev–Trinajstić information content (AvgIpc) is 2.85. The zero-order valence-electron chi connectivity index (χ0n) is 11.3. The smallest absolute Gasteiger partial charge is 0.342 e. The Morgan fingerprint density at radius 3 is 2.86 bits per heavy atom. The number of aromatic nitrogens is 1. The molecule has 9 heteroatoms. The lowest BCUT2D eigenvalue weighted by atomic mass is 10.2. The summed E-state index contributed by atoms with van der Waals surface area (Å²) in [6, 6.07) is 1.16. The van der Waals surface area contributed by atoms with Gasteiger partial charge in [0, 0.05) is 32.1 Å². The van der Waals surface area contributed by atoms with Crippen LogP contribution in [-0.2, 0) is 4.79 Å². The predicted octanol–water partition coefficient (Wildman–Crippen LogP) is 0.403. The number of hydrogen-bond donors (Lipinski definition) is 2. The van der Waals surface area contributed by atoms with Gasteiger partial charge in [-0.2, -0.15) is 0 Å². The molecule has 1 aliphatic rings. The number of amides is 1. The summed E-state index contributed by atoms with van der Waals surface area (Å²) in [7, 11) is 0. The largest absolute Gasteiger partial charge is 0.477 e. The zero-order chi connectivity index (χ0) is 15.6. The molecule has 1 aromatic heterocycles. The van der Waals surface area contributed by atoms with E-state index in [4.69, 9.17) is 5.11 Å². The van der Waals surface area contributed by atoms with E-state index in [1.165, 1.54) is 13.0 Å². The van der Waals surface area contributed by atoms with Crippen molar-refractivity contribution in [2.45, 2.75) is 19.4 Å². The lowest BCUT2D eigenvalue weighted by molar-refractivity contribution is -0.385. The number of carbonyl (C=O) groups is 2. The van der Waals surface area contributed by atoms with Crippen LogP contribution in [0, 0.1) is 10.1 Å². The van der Waals surface area contributed by atoms with Crippen molar-refractivity contribution in [3.05, 3.63) is 27.9 Å². The number of hydrogen-bond acceptors (Lipinski definition) is 6. The van der Waals surface area contributed by atoms with Gasteiger partial charge in [0.25, 0.3) is 0 Å². The third kappa shape index (κ3) is 3.25. The zero-order valence-corrected chi connectivity index (χ0v) is 11.3. The fourth-order valence-corrected chi connectivity index (χ4v) is 2.30. The van der Waals surface area contributed by atoms with Crippen molar-refractivity contribution in [2.75, 3.05) is 18.0 Å². The molecule has 1 fully saturated rings. The minimum atomic E-state index is -1.37. The summed E-state index contributed by atoms with van der Waals surface area (Å²) in [6.45, 7) is 2.51. The molecule has 0 saturated carbocycles. The van der Waals surface area contributed by atoms with Crippen LogP contribution in [-0.4, -0.2) is 46.0 Å². The van der Waals surface area contributed by atoms with Crippen LogP contribution in [0.1, 0.15) is 23.7 Å². The first-order valence-electron chi connectivity index (χ1n) is 6.28. The van der Waals surface area contributed by atoms with Gasteiger partial charge in [-0.1, -0.05) is 0 Å². The summed E-state index contributed by atoms with van der Waals surface area (Å²) in [6.07, 6.45) is 1.66. The highest BCUT2D eigenvalue weighted by atomic mass is 16.6. The van der Waals surface area contributed by atoms with Crippen LogP contribution in [0.25, 0.3) is 0 Å². The van der Waals surface area contributed by atoms with Gasteiger partial charge in [0.15, 0.2) is 0 Å². The van der Waals surface area contributed by atoms with Gasteiger partial charge in [-0.3, -0.25) is 14.9 Å². The molecule has 9 nitrogen and oxygen atoms in total. The summed E-state index contributed by atoms with van der Waals surface area (Å²) in [5, 5.41) is 22.6. The summed E-state index contributed by atoms with van der Waals surface area (Å²) in [4.78, 5) is 37.8. The van der Waals surface area contributed by atoms with Crippen LogP contribution in [0.5, 0.6) is 0 Å². The highest BCUT2D eigenvalue weighted by Gasteiger charge is 2.27. The Labute approximate surface area is 119 Å². The fourth-order valence-electron chi connectivity index (χ4n) is 2.30. The van der Waals surface area contributed by atoms with Crippen molar-refractivity contribution in [1.29, 1.82) is 0 Å². The van der Waals surface area contributed by atoms with Crippen LogP contribution in [0.15, 0.2) is 12.3 Å². The van der Waals surface area contributed by atoms with E-state index in [1.54, 1.807) is 4.90 Å². The highest BCUT2D eigenvalue weighted by Crippen LogP contribution is 2.24. The van der Waals surface area contributed by atoms with E-state index in [0.717, 1.165) is 6.20 Å². The molecule has 0 spiro atoms. The normalized spacial score (nSPS) is 17.6. The molecule has 1 aliphatic heterocycles. The topological polar surface area (TPSA) is 126 Å². The predicted molar refractivity (Wildman–Crippen MR) is 72.3 cm³/mol. The number of rotatable bonds is 4. The molecule has 0 radical (unpaired) electrons. The number of carboxylic acid groups (broad SMARTS) is 1. The van der Waals surface area contributed by atoms with Crippen molar-refractivity contribution in [3.63, 3.8) is 0 Å². The second-order valence-corrected chi connectivity index (χ2v) is 4.75. The summed E-state index contributed by atoms with van der Waals surface area (Å²) < 4.78 is 0. The minimum absolute atomic E-state index is 0.0345. The van der Waals surface area contributed by atoms with Crippen LogP contribution in [0.4, 0.5) is 11.5 Å². The van der Waals surface area contributed by atoms with E-state index < -0.39 is 22.1 Å². The number of nitro groups is 1. The molecule has 0 aromatic carbocycles. The third-order valence-corrected chi connectivity index (χ3v) is 3.22. The number of aromatic carboxylic acids is 1. The van der Waals surface area contributed by atoms with Gasteiger partial charge in [-0.05, 0) is 6.42 Å². The van der Waals surface area contributed by atoms with Crippen molar-refractivity contribution in [2.24, 2.45) is 0 Å². The first kappa shape index (κ1) is 14.7. The Hall–Kier alpha value is -2.71. The van der Waals surface area contributed by atoms with Crippen LogP contribution in [0.3, 0.4) is 0 Å². The van der Waals surface area contributed by atoms with Gasteiger partial charge in [-0.15, -0.1) is 0 Å². The van der Waals surface area contributed by atoms with Crippen LogP contribution in [0.2, 0.25) is 0 Å². The quantitative estimate of drug-likeness (QED) is 0.608. The fraction of sp³-hybridized carbons (Fsp3) is 0.417. The minimum Gasteiger partial charge on any atom is -0.477 e. The lowest BCUT2D eigenvalue weighted by Gasteiger charge is -2.17. The molecule has 2 N–H and O–H groups in total. The molecule has 112 valence electrons. The molecule has 1 saturated heterocycles. The Bertz CT molecular complexity index is 603. The monoisotopic (exact) mass is 294 g/mol. The standard InChI is InChI=1S/C12H14N4O5/c1-7(17)14-8-2-3-15(6-8)11-4-9(12(18)19)10(5-13-11)16(20)21/h4-5,8H,2-3,6H2,1H3,(H,14,17)(H,18,19). The number of pyridine rings is 1. The van der Waals surface area contributed by atoms with Crippen molar-refractivity contribution >= 4 is 23.4 Å².